The summed E-state index contributed by atoms with van der Waals surface area (Å²) in [5.41, 5.74) is 6.47. The van der Waals surface area contributed by atoms with Crippen LogP contribution >= 0.6 is 0 Å². The lowest BCUT2D eigenvalue weighted by Gasteiger charge is -2.35. The standard InChI is InChI=1S/C21H26F3N3O/c22-21(23,24)20-14-19(25)7-6-18(20)15-27-10-8-26(9-11-27)12-13-28-16-17-4-2-1-3-5-17/h1-7,14H,8-13,15-16,25H2. The molecule has 7 heteroatoms. The van der Waals surface area contributed by atoms with Gasteiger partial charge < -0.3 is 10.5 Å². The monoisotopic (exact) mass is 393 g/mol. The van der Waals surface area contributed by atoms with E-state index in [4.69, 9.17) is 10.5 Å². The van der Waals surface area contributed by atoms with E-state index in [2.05, 4.69) is 9.80 Å². The van der Waals surface area contributed by atoms with Gasteiger partial charge in [0, 0.05) is 45.0 Å². The molecule has 0 spiro atoms. The van der Waals surface area contributed by atoms with E-state index in [1.54, 1.807) is 0 Å². The minimum absolute atomic E-state index is 0.136. The fourth-order valence-corrected chi connectivity index (χ4v) is 3.37. The average Bonchev–Trinajstić information content (AvgIpc) is 2.68. The summed E-state index contributed by atoms with van der Waals surface area (Å²) in [5.74, 6) is 0. The molecule has 2 N–H and O–H groups in total. The van der Waals surface area contributed by atoms with Gasteiger partial charge in [0.1, 0.15) is 0 Å². The van der Waals surface area contributed by atoms with E-state index in [1.807, 2.05) is 30.3 Å². The summed E-state index contributed by atoms with van der Waals surface area (Å²) in [4.78, 5) is 4.34. The number of nitrogens with zero attached hydrogens (tertiary/aromatic N) is 2. The highest BCUT2D eigenvalue weighted by Gasteiger charge is 2.34. The fraction of sp³-hybridized carbons (Fsp3) is 0.429. The van der Waals surface area contributed by atoms with Crippen molar-refractivity contribution in [3.63, 3.8) is 0 Å². The van der Waals surface area contributed by atoms with Crippen LogP contribution in [0.2, 0.25) is 0 Å². The quantitative estimate of drug-likeness (QED) is 0.576. The molecule has 2 aromatic carbocycles. The number of halogens is 3. The third-order valence-electron chi connectivity index (χ3n) is 4.96. The second-order valence-electron chi connectivity index (χ2n) is 7.07. The van der Waals surface area contributed by atoms with E-state index < -0.39 is 11.7 Å². The van der Waals surface area contributed by atoms with Gasteiger partial charge in [0.2, 0.25) is 0 Å². The third kappa shape index (κ3) is 5.95. The molecule has 2 aromatic rings. The second-order valence-corrected chi connectivity index (χ2v) is 7.07. The van der Waals surface area contributed by atoms with Crippen LogP contribution in [0.25, 0.3) is 0 Å². The van der Waals surface area contributed by atoms with Crippen molar-refractivity contribution < 1.29 is 17.9 Å². The van der Waals surface area contributed by atoms with Crippen LogP contribution < -0.4 is 5.73 Å². The SMILES string of the molecule is Nc1ccc(CN2CCN(CCOCc3ccccc3)CC2)c(C(F)(F)F)c1. The number of anilines is 1. The number of hydrogen-bond acceptors (Lipinski definition) is 4. The van der Waals surface area contributed by atoms with Gasteiger partial charge in [-0.15, -0.1) is 0 Å². The van der Waals surface area contributed by atoms with Crippen molar-refractivity contribution in [2.45, 2.75) is 19.3 Å². The lowest BCUT2D eigenvalue weighted by molar-refractivity contribution is -0.138. The normalized spacial score (nSPS) is 16.4. The fourth-order valence-electron chi connectivity index (χ4n) is 3.37. The van der Waals surface area contributed by atoms with Crippen molar-refractivity contribution in [1.82, 2.24) is 9.80 Å². The minimum atomic E-state index is -4.39. The number of ether oxygens (including phenoxy) is 1. The molecule has 4 nitrogen and oxygen atoms in total. The van der Waals surface area contributed by atoms with Gasteiger partial charge in [0.25, 0.3) is 0 Å². The number of alkyl halides is 3. The number of rotatable bonds is 7. The van der Waals surface area contributed by atoms with Crippen LogP contribution in [0.1, 0.15) is 16.7 Å². The van der Waals surface area contributed by atoms with Crippen LogP contribution in [0.15, 0.2) is 48.5 Å². The van der Waals surface area contributed by atoms with Gasteiger partial charge in [-0.1, -0.05) is 36.4 Å². The Morgan fingerprint density at radius 2 is 1.61 bits per heavy atom. The molecule has 0 aromatic heterocycles. The second kappa shape index (κ2) is 9.41. The topological polar surface area (TPSA) is 41.7 Å². The van der Waals surface area contributed by atoms with Crippen molar-refractivity contribution in [2.24, 2.45) is 0 Å². The number of nitrogens with two attached hydrogens (primary N) is 1. The number of piperazine rings is 1. The lowest BCUT2D eigenvalue weighted by Crippen LogP contribution is -2.46. The van der Waals surface area contributed by atoms with Gasteiger partial charge in [0.05, 0.1) is 18.8 Å². The zero-order valence-electron chi connectivity index (χ0n) is 15.8. The molecule has 1 saturated heterocycles. The molecular weight excluding hydrogens is 367 g/mol. The molecule has 1 aliphatic rings. The molecule has 152 valence electrons. The molecule has 0 amide bonds. The molecule has 0 unspecified atom stereocenters. The summed E-state index contributed by atoms with van der Waals surface area (Å²) in [6.07, 6.45) is -4.39. The summed E-state index contributed by atoms with van der Waals surface area (Å²) in [6.45, 7) is 5.48. The van der Waals surface area contributed by atoms with Gasteiger partial charge in [-0.2, -0.15) is 13.2 Å². The molecule has 0 aliphatic carbocycles. The van der Waals surface area contributed by atoms with E-state index >= 15 is 0 Å². The van der Waals surface area contributed by atoms with Crippen molar-refractivity contribution in [3.05, 3.63) is 65.2 Å². The van der Waals surface area contributed by atoms with Crippen molar-refractivity contribution in [3.8, 4) is 0 Å². The molecule has 1 aliphatic heterocycles. The van der Waals surface area contributed by atoms with Gasteiger partial charge in [-0.3, -0.25) is 9.80 Å². The first-order chi connectivity index (χ1) is 13.4. The molecular formula is C21H26F3N3O. The van der Waals surface area contributed by atoms with Crippen molar-refractivity contribution in [2.75, 3.05) is 45.1 Å². The number of benzene rings is 2. The Kier molecular flexibility index (Phi) is 6.93. The van der Waals surface area contributed by atoms with E-state index in [1.165, 1.54) is 12.1 Å². The van der Waals surface area contributed by atoms with Crippen LogP contribution in [0, 0.1) is 0 Å². The maximum atomic E-state index is 13.2. The first-order valence-electron chi connectivity index (χ1n) is 9.44. The maximum Gasteiger partial charge on any atom is 0.416 e. The highest BCUT2D eigenvalue weighted by atomic mass is 19.4. The summed E-state index contributed by atoms with van der Waals surface area (Å²) in [6, 6.07) is 14.1. The first kappa shape index (κ1) is 20.6. The molecule has 0 bridgehead atoms. The van der Waals surface area contributed by atoms with E-state index in [-0.39, 0.29) is 17.8 Å². The van der Waals surface area contributed by atoms with Gasteiger partial charge in [0.15, 0.2) is 0 Å². The van der Waals surface area contributed by atoms with Crippen LogP contribution in [-0.2, 0) is 24.1 Å². The summed E-state index contributed by atoms with van der Waals surface area (Å²) in [7, 11) is 0. The molecule has 1 heterocycles. The Balaban J connectivity index is 1.42. The van der Waals surface area contributed by atoms with E-state index in [0.717, 1.165) is 44.4 Å². The number of nitrogen functional groups attached to an aromatic ring is 1. The van der Waals surface area contributed by atoms with Crippen LogP contribution in [-0.4, -0.2) is 49.1 Å². The van der Waals surface area contributed by atoms with Crippen LogP contribution in [0.4, 0.5) is 18.9 Å². The van der Waals surface area contributed by atoms with Crippen molar-refractivity contribution >= 4 is 5.69 Å². The summed E-state index contributed by atoms with van der Waals surface area (Å²) >= 11 is 0. The predicted molar refractivity (Wildman–Crippen MR) is 104 cm³/mol. The van der Waals surface area contributed by atoms with E-state index in [9.17, 15) is 13.2 Å². The minimum Gasteiger partial charge on any atom is -0.399 e. The zero-order valence-corrected chi connectivity index (χ0v) is 15.8. The summed E-state index contributed by atoms with van der Waals surface area (Å²) in [5, 5.41) is 0. The Bertz CT molecular complexity index is 744. The Morgan fingerprint density at radius 3 is 2.29 bits per heavy atom. The molecule has 3 rings (SSSR count). The first-order valence-corrected chi connectivity index (χ1v) is 9.44. The molecule has 28 heavy (non-hydrogen) atoms. The van der Waals surface area contributed by atoms with E-state index in [0.29, 0.717) is 13.2 Å². The van der Waals surface area contributed by atoms with Gasteiger partial charge in [-0.25, -0.2) is 0 Å². The average molecular weight is 393 g/mol. The molecule has 0 atom stereocenters. The Morgan fingerprint density at radius 1 is 0.929 bits per heavy atom. The summed E-state index contributed by atoms with van der Waals surface area (Å²) < 4.78 is 45.4. The Labute approximate surface area is 163 Å². The van der Waals surface area contributed by atoms with Gasteiger partial charge in [-0.05, 0) is 23.3 Å². The Hall–Kier alpha value is -2.09. The van der Waals surface area contributed by atoms with Crippen molar-refractivity contribution in [1.29, 1.82) is 0 Å². The number of hydrogen-bond donors (Lipinski definition) is 1. The smallest absolute Gasteiger partial charge is 0.399 e. The third-order valence-corrected chi connectivity index (χ3v) is 4.96. The van der Waals surface area contributed by atoms with Crippen LogP contribution in [0.3, 0.4) is 0 Å². The lowest BCUT2D eigenvalue weighted by atomic mass is 10.1. The molecule has 0 saturated carbocycles. The van der Waals surface area contributed by atoms with Crippen LogP contribution in [0.5, 0.6) is 0 Å². The highest BCUT2D eigenvalue weighted by Crippen LogP contribution is 2.34. The highest BCUT2D eigenvalue weighted by molar-refractivity contribution is 5.46. The molecule has 0 radical (unpaired) electrons. The zero-order chi connectivity index (χ0) is 20.0. The largest absolute Gasteiger partial charge is 0.416 e. The van der Waals surface area contributed by atoms with Gasteiger partial charge >= 0.3 is 6.18 Å². The maximum absolute atomic E-state index is 13.2. The predicted octanol–water partition coefficient (Wildman–Crippen LogP) is 3.62. The molecule has 1 fully saturated rings.